The molecule has 1 amide bonds. The van der Waals surface area contributed by atoms with Gasteiger partial charge in [0.1, 0.15) is 17.5 Å². The van der Waals surface area contributed by atoms with Crippen molar-refractivity contribution in [1.29, 1.82) is 0 Å². The van der Waals surface area contributed by atoms with Crippen LogP contribution in [0.5, 0.6) is 11.6 Å². The van der Waals surface area contributed by atoms with Crippen LogP contribution in [0.15, 0.2) is 22.7 Å². The summed E-state index contributed by atoms with van der Waals surface area (Å²) in [6, 6.07) is 3.58. The number of aromatic nitrogens is 1. The van der Waals surface area contributed by atoms with Crippen LogP contribution in [0.3, 0.4) is 0 Å². The molecule has 1 aliphatic carbocycles. The number of hydrogen-bond acceptors (Lipinski definition) is 5. The van der Waals surface area contributed by atoms with Gasteiger partial charge in [-0.1, -0.05) is 0 Å². The lowest BCUT2D eigenvalue weighted by Crippen LogP contribution is -2.44. The summed E-state index contributed by atoms with van der Waals surface area (Å²) in [4.78, 5) is 16.5. The molecular formula is C23H28BrF3N2O4. The predicted molar refractivity (Wildman–Crippen MR) is 122 cm³/mol. The lowest BCUT2D eigenvalue weighted by atomic mass is 10.1. The molecule has 0 radical (unpaired) electrons. The third-order valence-electron chi connectivity index (χ3n) is 4.94. The highest BCUT2D eigenvalue weighted by atomic mass is 79.9. The van der Waals surface area contributed by atoms with Crippen LogP contribution in [-0.4, -0.2) is 34.9 Å². The quantitative estimate of drug-likeness (QED) is 0.468. The number of fused-ring (bicyclic) bond motifs is 1. The second-order valence-corrected chi connectivity index (χ2v) is 10.1. The maximum Gasteiger partial charge on any atom is 0.417 e. The van der Waals surface area contributed by atoms with Crippen molar-refractivity contribution in [2.24, 2.45) is 0 Å². The summed E-state index contributed by atoms with van der Waals surface area (Å²) in [5.74, 6) is -0.0743. The monoisotopic (exact) mass is 532 g/mol. The number of nitrogens with one attached hydrogen (secondary N) is 1. The van der Waals surface area contributed by atoms with Gasteiger partial charge in [-0.2, -0.15) is 13.2 Å². The zero-order valence-corrected chi connectivity index (χ0v) is 20.8. The van der Waals surface area contributed by atoms with Gasteiger partial charge >= 0.3 is 12.3 Å². The lowest BCUT2D eigenvalue weighted by Gasteiger charge is -2.26. The van der Waals surface area contributed by atoms with Gasteiger partial charge in [0.2, 0.25) is 5.88 Å². The Bertz CT molecular complexity index is 1020. The van der Waals surface area contributed by atoms with Crippen LogP contribution < -0.4 is 14.8 Å². The first-order valence-corrected chi connectivity index (χ1v) is 11.6. The molecule has 1 aromatic carbocycles. The number of ether oxygens (including phenoxy) is 3. The van der Waals surface area contributed by atoms with Crippen molar-refractivity contribution in [3.8, 4) is 11.6 Å². The van der Waals surface area contributed by atoms with Gasteiger partial charge in [-0.3, -0.25) is 0 Å². The number of nitrogens with zero attached hydrogens (tertiary/aromatic N) is 1. The summed E-state index contributed by atoms with van der Waals surface area (Å²) >= 11 is 3.33. The van der Waals surface area contributed by atoms with Crippen LogP contribution in [0, 0.1) is 0 Å². The highest BCUT2D eigenvalue weighted by Gasteiger charge is 2.37. The van der Waals surface area contributed by atoms with Gasteiger partial charge < -0.3 is 19.5 Å². The van der Waals surface area contributed by atoms with E-state index in [-0.39, 0.29) is 28.6 Å². The SMILES string of the molecule is CC(C)Oc1cc(C(F)(F)F)c2c(O[C@@H]3CCC[C@H]3NC(=O)OC(C)(C)C)c(Br)ccc2n1. The lowest BCUT2D eigenvalue weighted by molar-refractivity contribution is -0.136. The zero-order chi connectivity index (χ0) is 24.6. The fraction of sp³-hybridized carbons (Fsp3) is 0.565. The van der Waals surface area contributed by atoms with Crippen molar-refractivity contribution in [3.63, 3.8) is 0 Å². The van der Waals surface area contributed by atoms with Crippen molar-refractivity contribution >= 4 is 32.9 Å². The van der Waals surface area contributed by atoms with Crippen molar-refractivity contribution in [1.82, 2.24) is 10.3 Å². The molecular weight excluding hydrogens is 505 g/mol. The Balaban J connectivity index is 1.98. The molecule has 1 saturated carbocycles. The average molecular weight is 533 g/mol. The van der Waals surface area contributed by atoms with Gasteiger partial charge in [0, 0.05) is 6.07 Å². The Morgan fingerprint density at radius 1 is 1.21 bits per heavy atom. The maximum absolute atomic E-state index is 14.0. The van der Waals surface area contributed by atoms with Crippen LogP contribution in [0.1, 0.15) is 59.4 Å². The molecule has 3 rings (SSSR count). The minimum absolute atomic E-state index is 0.0336. The van der Waals surface area contributed by atoms with Crippen molar-refractivity contribution in [2.45, 2.75) is 83.9 Å². The minimum Gasteiger partial charge on any atom is -0.486 e. The van der Waals surface area contributed by atoms with Gasteiger partial charge in [0.25, 0.3) is 0 Å². The van der Waals surface area contributed by atoms with Gasteiger partial charge in [-0.15, -0.1) is 0 Å². The second-order valence-electron chi connectivity index (χ2n) is 9.28. The fourth-order valence-corrected chi connectivity index (χ4v) is 4.15. The number of carbonyl (C=O) groups is 1. The van der Waals surface area contributed by atoms with Crippen molar-refractivity contribution in [2.75, 3.05) is 0 Å². The molecule has 2 aromatic rings. The van der Waals surface area contributed by atoms with E-state index >= 15 is 0 Å². The van der Waals surface area contributed by atoms with Crippen LogP contribution >= 0.6 is 15.9 Å². The number of alkyl carbamates (subject to hydrolysis) is 1. The Kier molecular flexibility index (Phi) is 7.36. The largest absolute Gasteiger partial charge is 0.486 e. The summed E-state index contributed by atoms with van der Waals surface area (Å²) in [5.41, 5.74) is -1.46. The Morgan fingerprint density at radius 2 is 1.91 bits per heavy atom. The van der Waals surface area contributed by atoms with E-state index < -0.39 is 35.6 Å². The summed E-state index contributed by atoms with van der Waals surface area (Å²) in [6.07, 6.45) is -4.14. The number of amides is 1. The van der Waals surface area contributed by atoms with Crippen molar-refractivity contribution in [3.05, 3.63) is 28.2 Å². The van der Waals surface area contributed by atoms with Crippen LogP contribution in [0.4, 0.5) is 18.0 Å². The Labute approximate surface area is 199 Å². The van der Waals surface area contributed by atoms with Crippen LogP contribution in [0.25, 0.3) is 10.9 Å². The zero-order valence-electron chi connectivity index (χ0n) is 19.2. The van der Waals surface area contributed by atoms with Crippen LogP contribution in [0.2, 0.25) is 0 Å². The number of benzene rings is 1. The molecule has 1 aromatic heterocycles. The Hall–Kier alpha value is -2.23. The van der Waals surface area contributed by atoms with E-state index in [4.69, 9.17) is 14.2 Å². The maximum atomic E-state index is 14.0. The first kappa shape index (κ1) is 25.4. The molecule has 1 aliphatic rings. The van der Waals surface area contributed by atoms with Crippen LogP contribution in [-0.2, 0) is 10.9 Å². The third-order valence-corrected chi connectivity index (χ3v) is 5.57. The minimum atomic E-state index is -4.65. The second kappa shape index (κ2) is 9.56. The van der Waals surface area contributed by atoms with E-state index in [2.05, 4.69) is 26.2 Å². The van der Waals surface area contributed by atoms with Gasteiger partial charge in [-0.05, 0) is 81.9 Å². The van der Waals surface area contributed by atoms with Gasteiger partial charge in [0.05, 0.1) is 33.1 Å². The number of pyridine rings is 1. The van der Waals surface area contributed by atoms with Crippen molar-refractivity contribution < 1.29 is 32.2 Å². The summed E-state index contributed by atoms with van der Waals surface area (Å²) < 4.78 is 59.4. The summed E-state index contributed by atoms with van der Waals surface area (Å²) in [7, 11) is 0. The molecule has 182 valence electrons. The molecule has 1 N–H and O–H groups in total. The number of alkyl halides is 3. The molecule has 1 heterocycles. The first-order valence-electron chi connectivity index (χ1n) is 10.8. The number of hydrogen-bond donors (Lipinski definition) is 1. The molecule has 0 spiro atoms. The standard InChI is InChI=1S/C23H28BrF3N2O4/c1-12(2)31-18-11-13(23(25,26)27)19-16(28-18)10-9-14(24)20(19)32-17-8-6-7-15(17)29-21(30)33-22(3,4)5/h9-12,15,17H,6-8H2,1-5H3,(H,29,30)/t15-,17-/m1/s1. The highest BCUT2D eigenvalue weighted by molar-refractivity contribution is 9.10. The molecule has 6 nitrogen and oxygen atoms in total. The normalized spacial score (nSPS) is 19.1. The molecule has 0 bridgehead atoms. The van der Waals surface area contributed by atoms with E-state index in [1.807, 2.05) is 0 Å². The molecule has 0 unspecified atom stereocenters. The summed E-state index contributed by atoms with van der Waals surface area (Å²) in [5, 5.41) is 2.63. The molecule has 1 fully saturated rings. The molecule has 10 heteroatoms. The number of halogens is 4. The van der Waals surface area contributed by atoms with Gasteiger partial charge in [-0.25, -0.2) is 9.78 Å². The van der Waals surface area contributed by atoms with Gasteiger partial charge in [0.15, 0.2) is 0 Å². The van der Waals surface area contributed by atoms with E-state index in [1.54, 1.807) is 40.7 Å². The molecule has 0 aliphatic heterocycles. The number of rotatable bonds is 5. The molecule has 2 atom stereocenters. The summed E-state index contributed by atoms with van der Waals surface area (Å²) in [6.45, 7) is 8.70. The smallest absolute Gasteiger partial charge is 0.417 e. The van der Waals surface area contributed by atoms with E-state index in [0.717, 1.165) is 12.5 Å². The topological polar surface area (TPSA) is 69.7 Å². The highest BCUT2D eigenvalue weighted by Crippen LogP contribution is 2.44. The predicted octanol–water partition coefficient (Wildman–Crippen LogP) is 6.63. The fourth-order valence-electron chi connectivity index (χ4n) is 3.73. The Morgan fingerprint density at radius 3 is 2.52 bits per heavy atom. The molecule has 33 heavy (non-hydrogen) atoms. The van der Waals surface area contributed by atoms with E-state index in [1.165, 1.54) is 6.07 Å². The third kappa shape index (κ3) is 6.43. The average Bonchev–Trinajstić information content (AvgIpc) is 3.07. The molecule has 0 saturated heterocycles. The number of carbonyl (C=O) groups excluding carboxylic acids is 1. The van der Waals surface area contributed by atoms with E-state index in [0.29, 0.717) is 17.3 Å². The first-order chi connectivity index (χ1) is 15.2. The van der Waals surface area contributed by atoms with E-state index in [9.17, 15) is 18.0 Å².